The fourth-order valence-electron chi connectivity index (χ4n) is 1.83. The Hall–Kier alpha value is -0.650. The summed E-state index contributed by atoms with van der Waals surface area (Å²) in [5, 5.41) is 9.06. The van der Waals surface area contributed by atoms with Crippen LogP contribution in [0, 0.1) is 0 Å². The van der Waals surface area contributed by atoms with Gasteiger partial charge in [0.05, 0.1) is 18.8 Å². The molecule has 1 aliphatic heterocycles. The third kappa shape index (κ3) is 4.08. The van der Waals surface area contributed by atoms with Crippen molar-refractivity contribution in [1.82, 2.24) is 9.80 Å². The zero-order chi connectivity index (χ0) is 12.1. The van der Waals surface area contributed by atoms with Crippen molar-refractivity contribution in [3.05, 3.63) is 0 Å². The first-order valence-electron chi connectivity index (χ1n) is 5.71. The highest BCUT2D eigenvalue weighted by Gasteiger charge is 2.27. The Morgan fingerprint density at radius 1 is 1.50 bits per heavy atom. The third-order valence-electron chi connectivity index (χ3n) is 2.66. The van der Waals surface area contributed by atoms with Gasteiger partial charge in [0.25, 0.3) is 0 Å². The van der Waals surface area contributed by atoms with Crippen molar-refractivity contribution < 1.29 is 14.6 Å². The van der Waals surface area contributed by atoms with Gasteiger partial charge in [0, 0.05) is 26.1 Å². The molecule has 2 atom stereocenters. The molecule has 0 aromatic rings. The van der Waals surface area contributed by atoms with E-state index in [1.807, 2.05) is 25.9 Å². The molecule has 94 valence electrons. The second-order valence-electron chi connectivity index (χ2n) is 4.60. The zero-order valence-electron chi connectivity index (χ0n) is 10.3. The van der Waals surface area contributed by atoms with E-state index in [9.17, 15) is 4.79 Å². The van der Waals surface area contributed by atoms with E-state index in [1.165, 1.54) is 0 Å². The van der Waals surface area contributed by atoms with Gasteiger partial charge in [-0.2, -0.15) is 0 Å². The maximum Gasteiger partial charge on any atom is 0.224 e. The summed E-state index contributed by atoms with van der Waals surface area (Å²) < 4.78 is 5.49. The Morgan fingerprint density at radius 3 is 2.75 bits per heavy atom. The number of carbonyl (C=O) groups excluding carboxylic acids is 1. The molecule has 0 saturated carbocycles. The lowest BCUT2D eigenvalue weighted by molar-refractivity contribution is -0.147. The second kappa shape index (κ2) is 6.18. The van der Waals surface area contributed by atoms with Gasteiger partial charge in [-0.05, 0) is 21.0 Å². The number of rotatable bonds is 4. The first-order chi connectivity index (χ1) is 7.52. The number of hydrogen-bond donors (Lipinski definition) is 1. The molecule has 5 heteroatoms. The SMILES string of the molecule is CC1CN(C(=O)CCN(C)C)CC(CO)O1. The van der Waals surface area contributed by atoms with E-state index in [2.05, 4.69) is 0 Å². The molecule has 0 bridgehead atoms. The molecule has 1 heterocycles. The van der Waals surface area contributed by atoms with Gasteiger partial charge in [-0.1, -0.05) is 0 Å². The van der Waals surface area contributed by atoms with Crippen LogP contribution in [0.15, 0.2) is 0 Å². The predicted molar refractivity (Wildman–Crippen MR) is 61.2 cm³/mol. The highest BCUT2D eigenvalue weighted by Crippen LogP contribution is 2.11. The first-order valence-corrected chi connectivity index (χ1v) is 5.71. The number of hydrogen-bond acceptors (Lipinski definition) is 4. The van der Waals surface area contributed by atoms with Crippen molar-refractivity contribution in [2.24, 2.45) is 0 Å². The van der Waals surface area contributed by atoms with Crippen LogP contribution in [0.3, 0.4) is 0 Å². The van der Waals surface area contributed by atoms with Crippen molar-refractivity contribution in [2.75, 3.05) is 40.3 Å². The van der Waals surface area contributed by atoms with Gasteiger partial charge in [0.15, 0.2) is 0 Å². The second-order valence-corrected chi connectivity index (χ2v) is 4.60. The van der Waals surface area contributed by atoms with Gasteiger partial charge in [-0.15, -0.1) is 0 Å². The van der Waals surface area contributed by atoms with Crippen LogP contribution in [0.1, 0.15) is 13.3 Å². The average molecular weight is 230 g/mol. The molecule has 0 aromatic heterocycles. The van der Waals surface area contributed by atoms with Crippen LogP contribution in [0.2, 0.25) is 0 Å². The summed E-state index contributed by atoms with van der Waals surface area (Å²) in [6.07, 6.45) is 0.305. The minimum atomic E-state index is -0.230. The summed E-state index contributed by atoms with van der Waals surface area (Å²) in [5.41, 5.74) is 0. The van der Waals surface area contributed by atoms with Gasteiger partial charge in [0.1, 0.15) is 0 Å². The molecule has 1 amide bonds. The van der Waals surface area contributed by atoms with Gasteiger partial charge >= 0.3 is 0 Å². The van der Waals surface area contributed by atoms with E-state index >= 15 is 0 Å². The fourth-order valence-corrected chi connectivity index (χ4v) is 1.83. The lowest BCUT2D eigenvalue weighted by Crippen LogP contribution is -2.50. The molecule has 1 N–H and O–H groups in total. The van der Waals surface area contributed by atoms with Crippen LogP contribution in [-0.4, -0.2) is 73.4 Å². The molecule has 0 aliphatic carbocycles. The van der Waals surface area contributed by atoms with E-state index in [4.69, 9.17) is 9.84 Å². The molecule has 0 aromatic carbocycles. The van der Waals surface area contributed by atoms with Crippen LogP contribution >= 0.6 is 0 Å². The molecule has 1 fully saturated rings. The van der Waals surface area contributed by atoms with Gasteiger partial charge in [0.2, 0.25) is 5.91 Å². The smallest absolute Gasteiger partial charge is 0.224 e. The van der Waals surface area contributed by atoms with Crippen molar-refractivity contribution >= 4 is 5.91 Å². The number of morpholine rings is 1. The number of aliphatic hydroxyl groups is 1. The molecule has 1 saturated heterocycles. The maximum atomic E-state index is 11.9. The van der Waals surface area contributed by atoms with E-state index in [0.29, 0.717) is 19.5 Å². The molecule has 16 heavy (non-hydrogen) atoms. The molecule has 2 unspecified atom stereocenters. The normalized spacial score (nSPS) is 26.2. The maximum absolute atomic E-state index is 11.9. The lowest BCUT2D eigenvalue weighted by atomic mass is 10.2. The highest BCUT2D eigenvalue weighted by molar-refractivity contribution is 5.76. The summed E-state index contributed by atoms with van der Waals surface area (Å²) in [6, 6.07) is 0. The number of aliphatic hydroxyl groups excluding tert-OH is 1. The van der Waals surface area contributed by atoms with E-state index < -0.39 is 0 Å². The third-order valence-corrected chi connectivity index (χ3v) is 2.66. The Kier molecular flexibility index (Phi) is 5.18. The summed E-state index contributed by atoms with van der Waals surface area (Å²) >= 11 is 0. The molecular formula is C11H22N2O3. The van der Waals surface area contributed by atoms with Crippen LogP contribution < -0.4 is 0 Å². The molecule has 1 aliphatic rings. The number of amides is 1. The van der Waals surface area contributed by atoms with Gasteiger partial charge < -0.3 is 19.6 Å². The average Bonchev–Trinajstić information content (AvgIpc) is 2.24. The molecule has 5 nitrogen and oxygen atoms in total. The van der Waals surface area contributed by atoms with Crippen molar-refractivity contribution in [3.63, 3.8) is 0 Å². The minimum absolute atomic E-state index is 0.00852. The van der Waals surface area contributed by atoms with Crippen molar-refractivity contribution in [3.8, 4) is 0 Å². The number of ether oxygens (including phenoxy) is 1. The molecule has 0 spiro atoms. The molecular weight excluding hydrogens is 208 g/mol. The van der Waals surface area contributed by atoms with Crippen LogP contribution in [0.25, 0.3) is 0 Å². The van der Waals surface area contributed by atoms with Crippen LogP contribution in [0.5, 0.6) is 0 Å². The summed E-state index contributed by atoms with van der Waals surface area (Å²) in [6.45, 7) is 3.79. The van der Waals surface area contributed by atoms with Crippen LogP contribution in [0.4, 0.5) is 0 Å². The zero-order valence-corrected chi connectivity index (χ0v) is 10.3. The van der Waals surface area contributed by atoms with E-state index in [0.717, 1.165) is 6.54 Å². The van der Waals surface area contributed by atoms with Crippen molar-refractivity contribution in [2.45, 2.75) is 25.6 Å². The highest BCUT2D eigenvalue weighted by atomic mass is 16.5. The standard InChI is InChI=1S/C11H22N2O3/c1-9-6-13(7-10(8-14)16-9)11(15)4-5-12(2)3/h9-10,14H,4-8H2,1-3H3. The van der Waals surface area contributed by atoms with Gasteiger partial charge in [-0.25, -0.2) is 0 Å². The number of nitrogens with zero attached hydrogens (tertiary/aromatic N) is 2. The van der Waals surface area contributed by atoms with E-state index in [1.54, 1.807) is 4.90 Å². The Bertz CT molecular complexity index is 233. The number of carbonyl (C=O) groups is 1. The quantitative estimate of drug-likeness (QED) is 0.710. The Balaban J connectivity index is 2.42. The predicted octanol–water partition coefficient (Wildman–Crippen LogP) is -0.454. The monoisotopic (exact) mass is 230 g/mol. The summed E-state index contributed by atoms with van der Waals surface area (Å²) in [5.74, 6) is 0.141. The van der Waals surface area contributed by atoms with Gasteiger partial charge in [-0.3, -0.25) is 4.79 Å². The molecule has 0 radical (unpaired) electrons. The van der Waals surface area contributed by atoms with Crippen LogP contribution in [-0.2, 0) is 9.53 Å². The summed E-state index contributed by atoms with van der Waals surface area (Å²) in [4.78, 5) is 15.7. The topological polar surface area (TPSA) is 53.0 Å². The molecule has 1 rings (SSSR count). The largest absolute Gasteiger partial charge is 0.394 e. The lowest BCUT2D eigenvalue weighted by Gasteiger charge is -2.36. The van der Waals surface area contributed by atoms with Crippen molar-refractivity contribution in [1.29, 1.82) is 0 Å². The Morgan fingerprint density at radius 2 is 2.19 bits per heavy atom. The Labute approximate surface area is 97.0 Å². The minimum Gasteiger partial charge on any atom is -0.394 e. The first kappa shape index (κ1) is 13.4. The summed E-state index contributed by atoms with van der Waals surface area (Å²) in [7, 11) is 3.90. The fraction of sp³-hybridized carbons (Fsp3) is 0.909. The van der Waals surface area contributed by atoms with E-state index in [-0.39, 0.29) is 24.7 Å².